The normalized spacial score (nSPS) is 12.4. The minimum absolute atomic E-state index is 0.255. The SMILES string of the molecule is COC(=O)[C@@H](CC(C)C)NC(=O)c1ccc2oc(C)nc2c1. The Labute approximate surface area is 128 Å². The average molecular weight is 304 g/mol. The van der Waals surface area contributed by atoms with Crippen LogP contribution in [0.1, 0.15) is 36.5 Å². The van der Waals surface area contributed by atoms with Gasteiger partial charge in [0.25, 0.3) is 5.91 Å². The van der Waals surface area contributed by atoms with Crippen molar-refractivity contribution in [3.63, 3.8) is 0 Å². The van der Waals surface area contributed by atoms with Crippen LogP contribution in [0.5, 0.6) is 0 Å². The van der Waals surface area contributed by atoms with E-state index in [-0.39, 0.29) is 11.8 Å². The number of hydrogen-bond donors (Lipinski definition) is 1. The van der Waals surface area contributed by atoms with E-state index in [2.05, 4.69) is 10.3 Å². The van der Waals surface area contributed by atoms with Gasteiger partial charge in [0, 0.05) is 12.5 Å². The number of amides is 1. The molecule has 0 saturated heterocycles. The van der Waals surface area contributed by atoms with Gasteiger partial charge < -0.3 is 14.5 Å². The Morgan fingerprint density at radius 1 is 1.36 bits per heavy atom. The average Bonchev–Trinajstić information content (AvgIpc) is 2.84. The number of ether oxygens (including phenoxy) is 1. The molecule has 0 aliphatic heterocycles. The molecule has 1 atom stereocenters. The van der Waals surface area contributed by atoms with Crippen LogP contribution in [0, 0.1) is 12.8 Å². The molecule has 2 rings (SSSR count). The number of oxazole rings is 1. The predicted octanol–water partition coefficient (Wildman–Crippen LogP) is 2.45. The van der Waals surface area contributed by atoms with Crippen molar-refractivity contribution in [2.24, 2.45) is 5.92 Å². The molecule has 0 saturated carbocycles. The summed E-state index contributed by atoms with van der Waals surface area (Å²) in [4.78, 5) is 28.3. The molecule has 0 unspecified atom stereocenters. The smallest absolute Gasteiger partial charge is 0.328 e. The number of carbonyl (C=O) groups is 2. The number of methoxy groups -OCH3 is 1. The van der Waals surface area contributed by atoms with Gasteiger partial charge in [0.2, 0.25) is 0 Å². The van der Waals surface area contributed by atoms with Gasteiger partial charge in [-0.2, -0.15) is 0 Å². The molecule has 1 amide bonds. The number of hydrogen-bond acceptors (Lipinski definition) is 5. The zero-order valence-corrected chi connectivity index (χ0v) is 13.2. The molecule has 1 aromatic carbocycles. The van der Waals surface area contributed by atoms with Crippen molar-refractivity contribution in [1.82, 2.24) is 10.3 Å². The van der Waals surface area contributed by atoms with Crippen LogP contribution < -0.4 is 5.32 Å². The van der Waals surface area contributed by atoms with Crippen molar-refractivity contribution in [2.45, 2.75) is 33.2 Å². The lowest BCUT2D eigenvalue weighted by atomic mass is 10.0. The van der Waals surface area contributed by atoms with E-state index in [0.717, 1.165) is 0 Å². The third kappa shape index (κ3) is 3.63. The van der Waals surface area contributed by atoms with Gasteiger partial charge in [0.1, 0.15) is 11.6 Å². The Bertz CT molecular complexity index is 691. The number of nitrogens with one attached hydrogen (secondary N) is 1. The summed E-state index contributed by atoms with van der Waals surface area (Å²) in [6, 6.07) is 4.32. The molecule has 0 fully saturated rings. The second kappa shape index (κ2) is 6.60. The zero-order valence-electron chi connectivity index (χ0n) is 13.2. The highest BCUT2D eigenvalue weighted by Gasteiger charge is 2.23. The van der Waals surface area contributed by atoms with Crippen LogP contribution in [0.2, 0.25) is 0 Å². The first kappa shape index (κ1) is 16.0. The lowest BCUT2D eigenvalue weighted by Gasteiger charge is -2.18. The number of aromatic nitrogens is 1. The second-order valence-corrected chi connectivity index (χ2v) is 5.59. The fourth-order valence-electron chi connectivity index (χ4n) is 2.25. The van der Waals surface area contributed by atoms with Gasteiger partial charge in [-0.15, -0.1) is 0 Å². The first-order valence-electron chi connectivity index (χ1n) is 7.16. The maximum absolute atomic E-state index is 12.3. The largest absolute Gasteiger partial charge is 0.467 e. The topological polar surface area (TPSA) is 81.4 Å². The summed E-state index contributed by atoms with van der Waals surface area (Å²) in [5, 5.41) is 2.71. The highest BCUT2D eigenvalue weighted by molar-refractivity contribution is 5.99. The summed E-state index contributed by atoms with van der Waals surface area (Å²) in [5.41, 5.74) is 1.67. The number of rotatable bonds is 5. The summed E-state index contributed by atoms with van der Waals surface area (Å²) < 4.78 is 10.1. The van der Waals surface area contributed by atoms with Crippen molar-refractivity contribution < 1.29 is 18.7 Å². The van der Waals surface area contributed by atoms with Crippen LogP contribution in [-0.4, -0.2) is 30.0 Å². The highest BCUT2D eigenvalue weighted by Crippen LogP contribution is 2.17. The van der Waals surface area contributed by atoms with Crippen molar-refractivity contribution >= 4 is 23.0 Å². The predicted molar refractivity (Wildman–Crippen MR) is 81.5 cm³/mol. The molecule has 0 spiro atoms. The third-order valence-electron chi connectivity index (χ3n) is 3.25. The van der Waals surface area contributed by atoms with Crippen molar-refractivity contribution in [2.75, 3.05) is 7.11 Å². The van der Waals surface area contributed by atoms with E-state index in [1.807, 2.05) is 13.8 Å². The number of aryl methyl sites for hydroxylation is 1. The molecule has 0 radical (unpaired) electrons. The highest BCUT2D eigenvalue weighted by atomic mass is 16.5. The van der Waals surface area contributed by atoms with E-state index in [1.54, 1.807) is 25.1 Å². The maximum atomic E-state index is 12.3. The molecular formula is C16H20N2O4. The molecule has 6 nitrogen and oxygen atoms in total. The molecule has 1 N–H and O–H groups in total. The van der Waals surface area contributed by atoms with Crippen LogP contribution in [-0.2, 0) is 9.53 Å². The van der Waals surface area contributed by atoms with Crippen LogP contribution in [0.4, 0.5) is 0 Å². The Kier molecular flexibility index (Phi) is 4.80. The van der Waals surface area contributed by atoms with Crippen molar-refractivity contribution in [1.29, 1.82) is 0 Å². The van der Waals surface area contributed by atoms with Crippen LogP contribution in [0.15, 0.2) is 22.6 Å². The fraction of sp³-hybridized carbons (Fsp3) is 0.438. The Morgan fingerprint density at radius 3 is 2.73 bits per heavy atom. The van der Waals surface area contributed by atoms with E-state index in [9.17, 15) is 9.59 Å². The van der Waals surface area contributed by atoms with Crippen molar-refractivity contribution in [3.05, 3.63) is 29.7 Å². The lowest BCUT2D eigenvalue weighted by molar-refractivity contribution is -0.143. The number of carbonyl (C=O) groups excluding carboxylic acids is 2. The standard InChI is InChI=1S/C16H20N2O4/c1-9(2)7-13(16(20)21-4)18-15(19)11-5-6-14-12(8-11)17-10(3)22-14/h5-6,8-9,13H,7H2,1-4H3,(H,18,19)/t13-/m1/s1. The van der Waals surface area contributed by atoms with Crippen molar-refractivity contribution in [3.8, 4) is 0 Å². The van der Waals surface area contributed by atoms with E-state index in [4.69, 9.17) is 9.15 Å². The Morgan fingerprint density at radius 2 is 2.09 bits per heavy atom. The first-order chi connectivity index (χ1) is 10.4. The maximum Gasteiger partial charge on any atom is 0.328 e. The monoisotopic (exact) mass is 304 g/mol. The molecule has 0 bridgehead atoms. The van der Waals surface area contributed by atoms with Gasteiger partial charge in [-0.05, 0) is 30.5 Å². The quantitative estimate of drug-likeness (QED) is 0.858. The van der Waals surface area contributed by atoms with E-state index in [0.29, 0.717) is 29.0 Å². The summed E-state index contributed by atoms with van der Waals surface area (Å²) in [7, 11) is 1.31. The lowest BCUT2D eigenvalue weighted by Crippen LogP contribution is -2.42. The van der Waals surface area contributed by atoms with Crippen LogP contribution >= 0.6 is 0 Å². The molecule has 2 aromatic rings. The zero-order chi connectivity index (χ0) is 16.3. The number of nitrogens with zero attached hydrogens (tertiary/aromatic N) is 1. The van der Waals surface area contributed by atoms with E-state index < -0.39 is 12.0 Å². The van der Waals surface area contributed by atoms with Gasteiger partial charge in [-0.25, -0.2) is 9.78 Å². The first-order valence-corrected chi connectivity index (χ1v) is 7.16. The Hall–Kier alpha value is -2.37. The number of fused-ring (bicyclic) bond motifs is 1. The number of esters is 1. The van der Waals surface area contributed by atoms with Crippen LogP contribution in [0.3, 0.4) is 0 Å². The molecule has 1 aromatic heterocycles. The minimum atomic E-state index is -0.660. The third-order valence-corrected chi connectivity index (χ3v) is 3.25. The minimum Gasteiger partial charge on any atom is -0.467 e. The second-order valence-electron chi connectivity index (χ2n) is 5.59. The van der Waals surface area contributed by atoms with E-state index in [1.165, 1.54) is 7.11 Å². The fourth-order valence-corrected chi connectivity index (χ4v) is 2.25. The van der Waals surface area contributed by atoms with Crippen LogP contribution in [0.25, 0.3) is 11.1 Å². The van der Waals surface area contributed by atoms with Gasteiger partial charge in [-0.3, -0.25) is 4.79 Å². The molecule has 118 valence electrons. The van der Waals surface area contributed by atoms with Gasteiger partial charge in [-0.1, -0.05) is 13.8 Å². The summed E-state index contributed by atoms with van der Waals surface area (Å²) >= 11 is 0. The number of benzene rings is 1. The molecule has 0 aliphatic carbocycles. The summed E-state index contributed by atoms with van der Waals surface area (Å²) in [6.45, 7) is 5.70. The molecular weight excluding hydrogens is 284 g/mol. The molecule has 22 heavy (non-hydrogen) atoms. The van der Waals surface area contributed by atoms with Gasteiger partial charge >= 0.3 is 5.97 Å². The summed E-state index contributed by atoms with van der Waals surface area (Å²) in [6.07, 6.45) is 0.518. The Balaban J connectivity index is 2.18. The molecule has 1 heterocycles. The molecule has 6 heteroatoms. The van der Waals surface area contributed by atoms with E-state index >= 15 is 0 Å². The summed E-state index contributed by atoms with van der Waals surface area (Å²) in [5.74, 6) is 0.0175. The molecule has 0 aliphatic rings. The van der Waals surface area contributed by atoms with Gasteiger partial charge in [0.05, 0.1) is 7.11 Å². The van der Waals surface area contributed by atoms with Gasteiger partial charge in [0.15, 0.2) is 11.5 Å².